The molecule has 4 rings (SSSR count). The third kappa shape index (κ3) is 5.37. The van der Waals surface area contributed by atoms with Crippen molar-refractivity contribution in [3.63, 3.8) is 0 Å². The number of carbonyl (C=O) groups is 3. The molecule has 0 saturated carbocycles. The summed E-state index contributed by atoms with van der Waals surface area (Å²) >= 11 is 0. The van der Waals surface area contributed by atoms with Crippen LogP contribution in [0.15, 0.2) is 66.7 Å². The van der Waals surface area contributed by atoms with Gasteiger partial charge in [0.25, 0.3) is 0 Å². The van der Waals surface area contributed by atoms with Gasteiger partial charge in [-0.25, -0.2) is 9.18 Å². The zero-order valence-electron chi connectivity index (χ0n) is 18.7. The van der Waals surface area contributed by atoms with Gasteiger partial charge in [0.05, 0.1) is 12.0 Å². The summed E-state index contributed by atoms with van der Waals surface area (Å²) < 4.78 is 53.4. The van der Waals surface area contributed by atoms with E-state index < -0.39 is 41.6 Å². The Hall–Kier alpha value is -4.21. The number of carboxylic acids is 1. The highest BCUT2D eigenvalue weighted by atomic mass is 19.4. The summed E-state index contributed by atoms with van der Waals surface area (Å²) in [5.41, 5.74) is -0.631. The maximum absolute atomic E-state index is 14.9. The highest BCUT2D eigenvalue weighted by Gasteiger charge is 2.44. The fraction of sp³-hybridized carbons (Fsp3) is 0.192. The minimum Gasteiger partial charge on any atom is -0.481 e. The Kier molecular flexibility index (Phi) is 6.53. The molecule has 1 aliphatic rings. The number of fused-ring (bicyclic) bond motifs is 1. The van der Waals surface area contributed by atoms with Crippen molar-refractivity contribution in [2.75, 3.05) is 10.6 Å². The summed E-state index contributed by atoms with van der Waals surface area (Å²) in [5, 5.41) is 13.8. The quantitative estimate of drug-likeness (QED) is 0.357. The molecule has 36 heavy (non-hydrogen) atoms. The first kappa shape index (κ1) is 24.9. The van der Waals surface area contributed by atoms with Gasteiger partial charge in [0.1, 0.15) is 0 Å². The smallest absolute Gasteiger partial charge is 0.416 e. The molecular formula is C26H20F4N2O4. The monoisotopic (exact) mass is 500 g/mol. The van der Waals surface area contributed by atoms with Gasteiger partial charge >= 0.3 is 18.2 Å². The molecule has 3 aromatic rings. The summed E-state index contributed by atoms with van der Waals surface area (Å²) in [4.78, 5) is 35.7. The van der Waals surface area contributed by atoms with Crippen LogP contribution in [0.25, 0.3) is 11.1 Å². The van der Waals surface area contributed by atoms with Crippen LogP contribution >= 0.6 is 0 Å². The average Bonchev–Trinajstić information content (AvgIpc) is 2.81. The number of anilines is 2. The fourth-order valence-electron chi connectivity index (χ4n) is 4.11. The Balaban J connectivity index is 1.44. The second-order valence-electron chi connectivity index (χ2n) is 8.47. The van der Waals surface area contributed by atoms with Crippen molar-refractivity contribution in [3.05, 3.63) is 83.4 Å². The largest absolute Gasteiger partial charge is 0.481 e. The molecule has 0 fully saturated rings. The lowest BCUT2D eigenvalue weighted by Crippen LogP contribution is -2.40. The van der Waals surface area contributed by atoms with Crippen molar-refractivity contribution in [2.45, 2.75) is 31.1 Å². The van der Waals surface area contributed by atoms with Crippen molar-refractivity contribution >= 4 is 29.2 Å². The van der Waals surface area contributed by atoms with Gasteiger partial charge in [0.15, 0.2) is 5.67 Å². The van der Waals surface area contributed by atoms with Crippen LogP contribution in [0, 0.1) is 0 Å². The standard InChI is InChI=1S/C26H20F4N2O4/c27-25(14-22(33)34)11-10-17-12-16(6-9-21(17)23(25)35)15-4-7-19(8-5-15)31-24(36)32-20-3-1-2-18(13-20)26(28,29)30/h1-9,12-13H,10-11,14H2,(H,33,34)(H2,31,32,36). The topological polar surface area (TPSA) is 95.5 Å². The number of alkyl halides is 4. The van der Waals surface area contributed by atoms with E-state index in [4.69, 9.17) is 5.11 Å². The fourth-order valence-corrected chi connectivity index (χ4v) is 4.11. The van der Waals surface area contributed by atoms with E-state index in [-0.39, 0.29) is 24.1 Å². The summed E-state index contributed by atoms with van der Waals surface area (Å²) in [7, 11) is 0. The number of hydrogen-bond acceptors (Lipinski definition) is 3. The molecule has 2 amide bonds. The minimum absolute atomic E-state index is 0.0109. The van der Waals surface area contributed by atoms with Gasteiger partial charge in [-0.15, -0.1) is 0 Å². The third-order valence-corrected chi connectivity index (χ3v) is 5.90. The molecule has 0 saturated heterocycles. The molecule has 0 heterocycles. The molecule has 0 aliphatic heterocycles. The zero-order chi connectivity index (χ0) is 26.1. The number of urea groups is 1. The molecular weight excluding hydrogens is 480 g/mol. The predicted molar refractivity (Wildman–Crippen MR) is 125 cm³/mol. The van der Waals surface area contributed by atoms with E-state index >= 15 is 0 Å². The molecule has 6 nitrogen and oxygen atoms in total. The lowest BCUT2D eigenvalue weighted by molar-refractivity contribution is -0.140. The molecule has 3 aromatic carbocycles. The number of aryl methyl sites for hydroxylation is 1. The van der Waals surface area contributed by atoms with Crippen LogP contribution in [0.4, 0.5) is 33.7 Å². The highest BCUT2D eigenvalue weighted by Crippen LogP contribution is 2.36. The van der Waals surface area contributed by atoms with Crippen LogP contribution in [0.2, 0.25) is 0 Å². The predicted octanol–water partition coefficient (Wildman–Crippen LogP) is 6.33. The van der Waals surface area contributed by atoms with Crippen molar-refractivity contribution in [1.82, 2.24) is 0 Å². The Morgan fingerprint density at radius 2 is 1.58 bits per heavy atom. The van der Waals surface area contributed by atoms with E-state index in [1.54, 1.807) is 36.4 Å². The molecule has 3 N–H and O–H groups in total. The van der Waals surface area contributed by atoms with Gasteiger partial charge in [0, 0.05) is 16.9 Å². The van der Waals surface area contributed by atoms with Crippen molar-refractivity contribution in [1.29, 1.82) is 0 Å². The molecule has 186 valence electrons. The van der Waals surface area contributed by atoms with E-state index in [9.17, 15) is 31.9 Å². The number of carboxylic acid groups (broad SMARTS) is 1. The maximum Gasteiger partial charge on any atom is 0.416 e. The molecule has 0 bridgehead atoms. The summed E-state index contributed by atoms with van der Waals surface area (Å²) in [5.74, 6) is -2.20. The lowest BCUT2D eigenvalue weighted by atomic mass is 9.78. The van der Waals surface area contributed by atoms with Crippen molar-refractivity contribution in [2.24, 2.45) is 0 Å². The highest BCUT2D eigenvalue weighted by molar-refractivity contribution is 6.06. The van der Waals surface area contributed by atoms with E-state index in [0.717, 1.165) is 23.3 Å². The Morgan fingerprint density at radius 3 is 2.25 bits per heavy atom. The molecule has 0 radical (unpaired) electrons. The van der Waals surface area contributed by atoms with Crippen LogP contribution in [0.3, 0.4) is 0 Å². The Labute approximate surface area is 202 Å². The van der Waals surface area contributed by atoms with Crippen LogP contribution < -0.4 is 10.6 Å². The van der Waals surface area contributed by atoms with Gasteiger partial charge in [0.2, 0.25) is 5.78 Å². The summed E-state index contributed by atoms with van der Waals surface area (Å²) in [6, 6.07) is 15.0. The lowest BCUT2D eigenvalue weighted by Gasteiger charge is -2.28. The first-order valence-electron chi connectivity index (χ1n) is 10.9. The van der Waals surface area contributed by atoms with E-state index in [2.05, 4.69) is 10.6 Å². The second-order valence-corrected chi connectivity index (χ2v) is 8.47. The molecule has 10 heteroatoms. The van der Waals surface area contributed by atoms with Crippen LogP contribution in [-0.4, -0.2) is 28.6 Å². The molecule has 0 aromatic heterocycles. The van der Waals surface area contributed by atoms with Gasteiger partial charge in [-0.1, -0.05) is 36.4 Å². The summed E-state index contributed by atoms with van der Waals surface area (Å²) in [6.45, 7) is 0. The Morgan fingerprint density at radius 1 is 0.917 bits per heavy atom. The van der Waals surface area contributed by atoms with Crippen LogP contribution in [0.5, 0.6) is 0 Å². The average molecular weight is 500 g/mol. The zero-order valence-corrected chi connectivity index (χ0v) is 18.7. The molecule has 1 atom stereocenters. The molecule has 0 spiro atoms. The van der Waals surface area contributed by atoms with Gasteiger partial charge < -0.3 is 15.7 Å². The normalized spacial score (nSPS) is 17.3. The number of ketones is 1. The maximum atomic E-state index is 14.9. The van der Waals surface area contributed by atoms with Gasteiger partial charge in [-0.05, 0) is 59.9 Å². The SMILES string of the molecule is O=C(O)CC1(F)CCc2cc(-c3ccc(NC(=O)Nc4cccc(C(F)(F)F)c4)cc3)ccc2C1=O. The number of nitrogens with one attached hydrogen (secondary N) is 2. The van der Waals surface area contributed by atoms with Gasteiger partial charge in [-0.2, -0.15) is 13.2 Å². The number of aliphatic carboxylic acids is 1. The summed E-state index contributed by atoms with van der Waals surface area (Å²) in [6.07, 6.45) is -5.39. The number of amides is 2. The van der Waals surface area contributed by atoms with Crippen molar-refractivity contribution < 1.29 is 37.1 Å². The number of halogens is 4. The van der Waals surface area contributed by atoms with Gasteiger partial charge in [-0.3, -0.25) is 9.59 Å². The van der Waals surface area contributed by atoms with Crippen LogP contribution in [0.1, 0.15) is 34.3 Å². The third-order valence-electron chi connectivity index (χ3n) is 5.90. The van der Waals surface area contributed by atoms with E-state index in [1.807, 2.05) is 0 Å². The minimum atomic E-state index is -4.53. The van der Waals surface area contributed by atoms with Crippen LogP contribution in [-0.2, 0) is 17.4 Å². The Bertz CT molecular complexity index is 1340. The number of carbonyl (C=O) groups excluding carboxylic acids is 2. The number of benzene rings is 3. The van der Waals surface area contributed by atoms with E-state index in [0.29, 0.717) is 11.3 Å². The molecule has 1 aliphatic carbocycles. The second kappa shape index (κ2) is 9.44. The molecule has 1 unspecified atom stereocenters. The number of Topliss-reactive ketones (excluding diaryl/α,β-unsaturated/α-hetero) is 1. The number of rotatable bonds is 5. The van der Waals surface area contributed by atoms with E-state index in [1.165, 1.54) is 18.2 Å². The first-order valence-corrected chi connectivity index (χ1v) is 10.9. The first-order chi connectivity index (χ1) is 16.9. The van der Waals surface area contributed by atoms with Crippen molar-refractivity contribution in [3.8, 4) is 11.1 Å². The number of hydrogen-bond donors (Lipinski definition) is 3.